The summed E-state index contributed by atoms with van der Waals surface area (Å²) >= 11 is 6.10. The number of anilines is 1. The molecular formula is C20H30ClNO3. The summed E-state index contributed by atoms with van der Waals surface area (Å²) in [5.41, 5.74) is 0.306. The fourth-order valence-electron chi connectivity index (χ4n) is 2.28. The van der Waals surface area contributed by atoms with Crippen LogP contribution in [0.25, 0.3) is 0 Å². The lowest BCUT2D eigenvalue weighted by Gasteiger charge is -2.26. The highest BCUT2D eigenvalue weighted by molar-refractivity contribution is 6.32. The predicted molar refractivity (Wildman–Crippen MR) is 104 cm³/mol. The number of amides is 1. The van der Waals surface area contributed by atoms with Crippen molar-refractivity contribution in [3.8, 4) is 5.75 Å². The van der Waals surface area contributed by atoms with Crippen LogP contribution in [0.4, 0.5) is 10.5 Å². The summed E-state index contributed by atoms with van der Waals surface area (Å²) in [6, 6.07) is 5.06. The van der Waals surface area contributed by atoms with Crippen LogP contribution >= 0.6 is 11.6 Å². The van der Waals surface area contributed by atoms with Crippen LogP contribution in [0.1, 0.15) is 60.3 Å². The smallest absolute Gasteiger partial charge is 0.416 e. The standard InChI is InChI=1S/C20H30ClNO3/c1-7-8-9-12-20(5,6)15(4)25-19(23)22-16-10-11-17(21)18(13-16)24-14(2)3/h10-11,13-14H,4,7-9,12H2,1-3,5-6H3,(H,22,23). The molecule has 1 N–H and O–H groups in total. The summed E-state index contributed by atoms with van der Waals surface area (Å²) < 4.78 is 11.0. The molecule has 0 aliphatic rings. The highest BCUT2D eigenvalue weighted by Gasteiger charge is 2.25. The molecule has 0 aliphatic heterocycles. The number of carbonyl (C=O) groups excluding carboxylic acids is 1. The number of hydrogen-bond acceptors (Lipinski definition) is 3. The summed E-state index contributed by atoms with van der Waals surface area (Å²) in [6.45, 7) is 14.0. The van der Waals surface area contributed by atoms with Crippen molar-refractivity contribution in [3.63, 3.8) is 0 Å². The lowest BCUT2D eigenvalue weighted by molar-refractivity contribution is 0.159. The normalized spacial score (nSPS) is 11.3. The zero-order valence-electron chi connectivity index (χ0n) is 15.9. The number of rotatable bonds is 9. The molecule has 1 amide bonds. The molecule has 0 saturated heterocycles. The van der Waals surface area contributed by atoms with E-state index in [1.807, 2.05) is 27.7 Å². The van der Waals surface area contributed by atoms with E-state index in [4.69, 9.17) is 21.1 Å². The van der Waals surface area contributed by atoms with E-state index in [0.29, 0.717) is 22.2 Å². The van der Waals surface area contributed by atoms with Crippen molar-refractivity contribution in [1.82, 2.24) is 0 Å². The molecule has 4 nitrogen and oxygen atoms in total. The number of carbonyl (C=O) groups is 1. The van der Waals surface area contributed by atoms with Crippen molar-refractivity contribution in [1.29, 1.82) is 0 Å². The second kappa shape index (κ2) is 9.71. The Kier molecular flexibility index (Phi) is 8.30. The summed E-state index contributed by atoms with van der Waals surface area (Å²) in [6.07, 6.45) is 3.75. The van der Waals surface area contributed by atoms with E-state index >= 15 is 0 Å². The zero-order chi connectivity index (χ0) is 19.0. The lowest BCUT2D eigenvalue weighted by Crippen LogP contribution is -2.22. The van der Waals surface area contributed by atoms with Gasteiger partial charge in [-0.3, -0.25) is 5.32 Å². The maximum atomic E-state index is 12.1. The van der Waals surface area contributed by atoms with Crippen LogP contribution < -0.4 is 10.1 Å². The van der Waals surface area contributed by atoms with Crippen molar-refractivity contribution in [2.45, 2.75) is 66.4 Å². The maximum Gasteiger partial charge on any atom is 0.416 e. The number of allylic oxidation sites excluding steroid dienone is 1. The summed E-state index contributed by atoms with van der Waals surface area (Å²) in [4.78, 5) is 12.1. The van der Waals surface area contributed by atoms with E-state index in [-0.39, 0.29) is 11.5 Å². The molecule has 5 heteroatoms. The van der Waals surface area contributed by atoms with Gasteiger partial charge in [-0.25, -0.2) is 4.79 Å². The molecule has 0 radical (unpaired) electrons. The van der Waals surface area contributed by atoms with Crippen LogP contribution in [0.3, 0.4) is 0 Å². The molecule has 0 atom stereocenters. The molecule has 0 saturated carbocycles. The van der Waals surface area contributed by atoms with E-state index in [1.165, 1.54) is 0 Å². The quantitative estimate of drug-likeness (QED) is 0.385. The van der Waals surface area contributed by atoms with E-state index in [1.54, 1.807) is 18.2 Å². The number of ether oxygens (including phenoxy) is 2. The molecule has 25 heavy (non-hydrogen) atoms. The van der Waals surface area contributed by atoms with E-state index in [2.05, 4.69) is 18.8 Å². The Morgan fingerprint density at radius 3 is 2.60 bits per heavy atom. The van der Waals surface area contributed by atoms with E-state index < -0.39 is 6.09 Å². The minimum Gasteiger partial charge on any atom is -0.489 e. The number of halogens is 1. The fourth-order valence-corrected chi connectivity index (χ4v) is 2.44. The van der Waals surface area contributed by atoms with Crippen LogP contribution in [-0.2, 0) is 4.74 Å². The molecule has 1 rings (SSSR count). The first kappa shape index (κ1) is 21.4. The minimum atomic E-state index is -0.564. The topological polar surface area (TPSA) is 47.6 Å². The molecule has 0 unspecified atom stereocenters. The van der Waals surface area contributed by atoms with Gasteiger partial charge < -0.3 is 9.47 Å². The van der Waals surface area contributed by atoms with Crippen molar-refractivity contribution in [2.75, 3.05) is 5.32 Å². The lowest BCUT2D eigenvalue weighted by atomic mass is 9.85. The highest BCUT2D eigenvalue weighted by Crippen LogP contribution is 2.33. The molecule has 1 aromatic rings. The average molecular weight is 368 g/mol. The van der Waals surface area contributed by atoms with Crippen molar-refractivity contribution < 1.29 is 14.3 Å². The monoisotopic (exact) mass is 367 g/mol. The molecule has 1 aromatic carbocycles. The van der Waals surface area contributed by atoms with Gasteiger partial charge in [0, 0.05) is 17.2 Å². The van der Waals surface area contributed by atoms with Gasteiger partial charge in [0.15, 0.2) is 0 Å². The van der Waals surface area contributed by atoms with Gasteiger partial charge in [0.25, 0.3) is 0 Å². The van der Waals surface area contributed by atoms with Crippen LogP contribution in [0.2, 0.25) is 5.02 Å². The third-order valence-corrected chi connectivity index (χ3v) is 4.23. The fraction of sp³-hybridized carbons (Fsp3) is 0.550. The van der Waals surface area contributed by atoms with Gasteiger partial charge in [0.05, 0.1) is 11.1 Å². The molecule has 0 aliphatic carbocycles. The van der Waals surface area contributed by atoms with Crippen LogP contribution in [0.15, 0.2) is 30.5 Å². The Morgan fingerprint density at radius 1 is 1.32 bits per heavy atom. The van der Waals surface area contributed by atoms with Gasteiger partial charge in [-0.05, 0) is 32.4 Å². The first-order chi connectivity index (χ1) is 11.7. The summed E-state index contributed by atoms with van der Waals surface area (Å²) in [5, 5.41) is 3.19. The largest absolute Gasteiger partial charge is 0.489 e. The summed E-state index contributed by atoms with van der Waals surface area (Å²) in [7, 11) is 0. The molecule has 0 bridgehead atoms. The van der Waals surface area contributed by atoms with Gasteiger partial charge >= 0.3 is 6.09 Å². The first-order valence-corrected chi connectivity index (χ1v) is 9.18. The molecular weight excluding hydrogens is 338 g/mol. The van der Waals surface area contributed by atoms with Crippen molar-refractivity contribution in [3.05, 3.63) is 35.6 Å². The van der Waals surface area contributed by atoms with Crippen LogP contribution in [0, 0.1) is 5.41 Å². The SMILES string of the molecule is C=C(OC(=O)Nc1ccc(Cl)c(OC(C)C)c1)C(C)(C)CCCCC. The number of benzene rings is 1. The Bertz CT molecular complexity index is 597. The van der Waals surface area contributed by atoms with Gasteiger partial charge in [0.1, 0.15) is 11.5 Å². The highest BCUT2D eigenvalue weighted by atomic mass is 35.5. The van der Waals surface area contributed by atoms with E-state index in [0.717, 1.165) is 25.7 Å². The molecule has 0 aromatic heterocycles. The Morgan fingerprint density at radius 2 is 2.00 bits per heavy atom. The maximum absolute atomic E-state index is 12.1. The second-order valence-corrected chi connectivity index (χ2v) is 7.50. The Hall–Kier alpha value is -1.68. The zero-order valence-corrected chi connectivity index (χ0v) is 16.7. The Balaban J connectivity index is 2.65. The van der Waals surface area contributed by atoms with Crippen molar-refractivity contribution >= 4 is 23.4 Å². The Labute approximate surface area is 156 Å². The molecule has 0 heterocycles. The minimum absolute atomic E-state index is 0.0107. The third kappa shape index (κ3) is 7.39. The van der Waals surface area contributed by atoms with Gasteiger partial charge in [-0.1, -0.05) is 58.2 Å². The van der Waals surface area contributed by atoms with Crippen molar-refractivity contribution in [2.24, 2.45) is 5.41 Å². The van der Waals surface area contributed by atoms with Crippen LogP contribution in [0.5, 0.6) is 5.75 Å². The van der Waals surface area contributed by atoms with E-state index in [9.17, 15) is 4.79 Å². The van der Waals surface area contributed by atoms with Gasteiger partial charge in [-0.2, -0.15) is 0 Å². The second-order valence-electron chi connectivity index (χ2n) is 7.09. The molecule has 0 fully saturated rings. The summed E-state index contributed by atoms with van der Waals surface area (Å²) in [5.74, 6) is 0.988. The number of hydrogen-bond donors (Lipinski definition) is 1. The first-order valence-electron chi connectivity index (χ1n) is 8.80. The number of unbranched alkanes of at least 4 members (excludes halogenated alkanes) is 2. The average Bonchev–Trinajstić information content (AvgIpc) is 2.50. The van der Waals surface area contributed by atoms with Crippen LogP contribution in [-0.4, -0.2) is 12.2 Å². The molecule has 140 valence electrons. The van der Waals surface area contributed by atoms with Gasteiger partial charge in [0.2, 0.25) is 0 Å². The molecule has 0 spiro atoms. The number of nitrogens with one attached hydrogen (secondary N) is 1. The third-order valence-electron chi connectivity index (χ3n) is 3.92. The van der Waals surface area contributed by atoms with Gasteiger partial charge in [-0.15, -0.1) is 0 Å². The predicted octanol–water partition coefficient (Wildman–Crippen LogP) is 6.80.